The van der Waals surface area contributed by atoms with Gasteiger partial charge in [-0.1, -0.05) is 28.5 Å². The van der Waals surface area contributed by atoms with E-state index in [-0.39, 0.29) is 122 Å². The van der Waals surface area contributed by atoms with Gasteiger partial charge in [0.25, 0.3) is 11.5 Å². The van der Waals surface area contributed by atoms with E-state index in [1.54, 1.807) is 42.4 Å². The van der Waals surface area contributed by atoms with Crippen molar-refractivity contribution < 1.29 is 107 Å². The number of Topliss-reactive ketones (excluding diaryl/α,β-unsaturated/α-hetero) is 4. The van der Waals surface area contributed by atoms with E-state index in [1.807, 2.05) is 4.90 Å². The number of nitrogens with zero attached hydrogens (tertiary/aromatic N) is 7. The molecule has 0 saturated carbocycles. The predicted molar refractivity (Wildman–Crippen MR) is 424 cm³/mol. The van der Waals surface area contributed by atoms with E-state index in [0.29, 0.717) is 89.8 Å². The SMILES string of the molecule is CC(=O)[C@H](CC(=O)O)NC(=O)[C@H](CCCN=C(N)N)CC(=O)[C@H](CC(=O)O)NC(=O)CC[C@H](NC(=O)c1ccc(NCc2cnc3nc(N)[nH]c(=O)c3n2)cc1)C(=O)O.CC[C@@H](CSC1CC(=O)N(CCC(=O)N/N=C(\C)CCC(=O)NCCSSCCCC2=C(C)C(=O)C3=C(C2=O)[C@@H](COC(N)=O)[C@@]2(OC)[C@H]4N[C@H]4CN32)C1=O)C(=O)O. The van der Waals surface area contributed by atoms with Crippen LogP contribution in [0, 0.1) is 17.8 Å². The lowest BCUT2D eigenvalue weighted by molar-refractivity contribution is -0.142. The largest absolute Gasteiger partial charge is 0.481 e. The maximum Gasteiger partial charge on any atom is 0.404 e. The molecule has 10 atom stereocenters. The number of aliphatic imine (C=N–C) groups is 1. The number of primary amides is 1. The Hall–Kier alpha value is -11.4. The molecule has 1 aromatic carbocycles. The Kier molecular flexibility index (Phi) is 34.5. The summed E-state index contributed by atoms with van der Waals surface area (Å²) in [6.07, 6.45) is -1.05. The molecule has 42 nitrogen and oxygen atoms in total. The molecule has 1 aliphatic carbocycles. The molecule has 3 aromatic rings. The summed E-state index contributed by atoms with van der Waals surface area (Å²) in [5, 5.41) is 57.0. The van der Waals surface area contributed by atoms with Crippen LogP contribution in [-0.2, 0) is 83.1 Å². The minimum absolute atomic E-state index is 0.00882. The van der Waals surface area contributed by atoms with E-state index < -0.39 is 161 Å². The highest BCUT2D eigenvalue weighted by Crippen LogP contribution is 2.56. The van der Waals surface area contributed by atoms with Crippen LogP contribution in [0.25, 0.3) is 11.2 Å². The maximum atomic E-state index is 14.0. The number of carboxylic acids is 4. The number of hydrogen-bond acceptors (Lipinski definition) is 31. The third kappa shape index (κ3) is 26.0. The number of thioether (sulfide) groups is 1. The fourth-order valence-electron chi connectivity index (χ4n) is 13.2. The van der Waals surface area contributed by atoms with E-state index >= 15 is 0 Å². The lowest BCUT2D eigenvalue weighted by atomic mass is 9.79. The fraction of sp³-hybridized carbons (Fsp3) is 0.528. The zero-order valence-electron chi connectivity index (χ0n) is 64.6. The van der Waals surface area contributed by atoms with E-state index in [9.17, 15) is 96.8 Å². The first kappa shape index (κ1) is 92.7. The average Bonchev–Trinajstić information content (AvgIpc) is 1.50. The van der Waals surface area contributed by atoms with Crippen molar-refractivity contribution in [3.05, 3.63) is 74.5 Å². The number of anilines is 2. The lowest BCUT2D eigenvalue weighted by Gasteiger charge is -2.39. The summed E-state index contributed by atoms with van der Waals surface area (Å²) in [4.78, 5) is 233. The van der Waals surface area contributed by atoms with Gasteiger partial charge in [0.05, 0.1) is 72.2 Å². The molecule has 1 unspecified atom stereocenters. The number of guanidine groups is 1. The van der Waals surface area contributed by atoms with Crippen molar-refractivity contribution in [2.75, 3.05) is 68.2 Å². The van der Waals surface area contributed by atoms with Crippen molar-refractivity contribution in [2.24, 2.45) is 45.0 Å². The number of ketones is 4. The number of fused-ring (bicyclic) bond motifs is 5. The number of amides is 8. The number of likely N-dealkylation sites (tertiary alicyclic amines) is 1. The van der Waals surface area contributed by atoms with E-state index in [1.165, 1.54) is 37.6 Å². The molecule has 5 aliphatic rings. The molecule has 45 heteroatoms. The van der Waals surface area contributed by atoms with Gasteiger partial charge < -0.3 is 89.6 Å². The molecule has 8 rings (SSSR count). The number of carbonyl (C=O) groups excluding carboxylic acids is 12. The van der Waals surface area contributed by atoms with Gasteiger partial charge in [-0.05, 0) is 90.0 Å². The Balaban J connectivity index is 0.000000323. The molecule has 0 bridgehead atoms. The van der Waals surface area contributed by atoms with Crippen molar-refractivity contribution in [3.8, 4) is 0 Å². The molecule has 634 valence electrons. The van der Waals surface area contributed by atoms with Gasteiger partial charge in [-0.25, -0.2) is 25.0 Å². The molecular weight excluding hydrogens is 1600 g/mol. The Morgan fingerprint density at radius 3 is 2.14 bits per heavy atom. The first-order chi connectivity index (χ1) is 55.5. The summed E-state index contributed by atoms with van der Waals surface area (Å²) >= 11 is 1.15. The number of benzene rings is 1. The Labute approximate surface area is 680 Å². The molecule has 2 aromatic heterocycles. The van der Waals surface area contributed by atoms with Gasteiger partial charge in [-0.15, -0.1) is 11.8 Å². The van der Waals surface area contributed by atoms with Crippen LogP contribution in [0.1, 0.15) is 134 Å². The monoisotopic (exact) mass is 1690 g/mol. The van der Waals surface area contributed by atoms with Crippen LogP contribution in [0.3, 0.4) is 0 Å². The number of allylic oxidation sites excluding steroid dienone is 2. The van der Waals surface area contributed by atoms with Crippen LogP contribution in [0.2, 0.25) is 0 Å². The number of methoxy groups -OCH3 is 1. The molecule has 6 heterocycles. The van der Waals surface area contributed by atoms with Gasteiger partial charge in [0.1, 0.15) is 12.6 Å². The van der Waals surface area contributed by atoms with E-state index in [4.69, 9.17) is 37.5 Å². The van der Waals surface area contributed by atoms with E-state index in [2.05, 4.69) is 67.4 Å². The van der Waals surface area contributed by atoms with Gasteiger partial charge >= 0.3 is 30.0 Å². The third-order valence-electron chi connectivity index (χ3n) is 19.5. The number of aliphatic carboxylic acids is 4. The number of carboxylic acid groups (broad SMARTS) is 4. The highest BCUT2D eigenvalue weighted by Gasteiger charge is 2.72. The topological polar surface area (TPSA) is 673 Å². The van der Waals surface area contributed by atoms with Crippen LogP contribution in [0.4, 0.5) is 16.4 Å². The molecule has 3 saturated heterocycles. The molecule has 4 aliphatic heterocycles. The van der Waals surface area contributed by atoms with Gasteiger partial charge in [0.15, 0.2) is 40.2 Å². The summed E-state index contributed by atoms with van der Waals surface area (Å²) in [5.41, 5.74) is 25.3. The van der Waals surface area contributed by atoms with Crippen LogP contribution in [0.15, 0.2) is 67.8 Å². The van der Waals surface area contributed by atoms with E-state index in [0.717, 1.165) is 23.6 Å². The predicted octanol–water partition coefficient (Wildman–Crippen LogP) is -0.648. The summed E-state index contributed by atoms with van der Waals surface area (Å²) in [7, 11) is 4.71. The van der Waals surface area contributed by atoms with Crippen molar-refractivity contribution in [2.45, 2.75) is 165 Å². The molecule has 117 heavy (non-hydrogen) atoms. The summed E-state index contributed by atoms with van der Waals surface area (Å²) in [6.45, 7) is 6.99. The average molecular weight is 1690 g/mol. The quantitative estimate of drug-likeness (QED) is 0.00488. The molecule has 0 radical (unpaired) electrons. The number of hydrazone groups is 1. The van der Waals surface area contributed by atoms with Crippen molar-refractivity contribution >= 4 is 162 Å². The number of piperazine rings is 1. The maximum absolute atomic E-state index is 14.0. The van der Waals surface area contributed by atoms with Gasteiger partial charge in [-0.2, -0.15) is 10.1 Å². The second-order valence-electron chi connectivity index (χ2n) is 27.7. The second-order valence-corrected chi connectivity index (χ2v) is 31.7. The van der Waals surface area contributed by atoms with Crippen LogP contribution < -0.4 is 65.8 Å². The summed E-state index contributed by atoms with van der Waals surface area (Å²) < 4.78 is 11.2. The number of nitrogens with two attached hydrogens (primary N) is 4. The molecule has 0 spiro atoms. The minimum Gasteiger partial charge on any atom is -0.481 e. The van der Waals surface area contributed by atoms with Gasteiger partial charge in [0, 0.05) is 128 Å². The minimum atomic E-state index is -1.67. The van der Waals surface area contributed by atoms with Crippen LogP contribution >= 0.6 is 33.3 Å². The number of carbonyl (C=O) groups is 16. The molecule has 20 N–H and O–H groups in total. The molecule has 3 fully saturated rings. The number of imide groups is 1. The van der Waals surface area contributed by atoms with Crippen LogP contribution in [-0.4, -0.2) is 255 Å². The number of nitrogens with one attached hydrogen (secondary N) is 8. The Morgan fingerprint density at radius 1 is 0.786 bits per heavy atom. The first-order valence-electron chi connectivity index (χ1n) is 37.1. The normalized spacial score (nSPS) is 19.1. The van der Waals surface area contributed by atoms with Crippen LogP contribution in [0.5, 0.6) is 0 Å². The zero-order chi connectivity index (χ0) is 86.1. The third-order valence-corrected chi connectivity index (χ3v) is 23.3. The van der Waals surface area contributed by atoms with Gasteiger partial charge in [-0.3, -0.25) is 86.8 Å². The van der Waals surface area contributed by atoms with Gasteiger partial charge in [0.2, 0.25) is 47.2 Å². The fourth-order valence-corrected chi connectivity index (χ4v) is 16.6. The van der Waals surface area contributed by atoms with Crippen molar-refractivity contribution in [1.82, 2.24) is 61.7 Å². The number of ether oxygens (including phenoxy) is 2. The number of aromatic amines is 1. The highest BCUT2D eigenvalue weighted by atomic mass is 33.1. The lowest BCUT2D eigenvalue weighted by Crippen LogP contribution is -2.55. The smallest absolute Gasteiger partial charge is 0.404 e. The molecule has 8 amide bonds. The Morgan fingerprint density at radius 2 is 1.49 bits per heavy atom. The van der Waals surface area contributed by atoms with Crippen molar-refractivity contribution in [1.29, 1.82) is 0 Å². The second kappa shape index (κ2) is 43.5. The summed E-state index contributed by atoms with van der Waals surface area (Å²) in [5.74, 6) is -12.7. The number of nitrogen functional groups attached to an aromatic ring is 1. The standard InChI is InChI=1S/C37H51N7O11S3.C35H44N12O12/c1-5-21(35(51)52)18-56-25-15-28(47)43(34(25)50)12-10-27(46)42-41-19(2)8-9-26(45)39-11-14-58-57-13-6-7-22-20(3)31(48)30-29(32(22)49)23(17-55-36(38)53)37(54-4)33-24(40-33)16-44(30)37;1-16(48)22(12-26(51)52)45-31(56)18(3-2-10-39-34(36)37)11-24(49)23(13-27(53)54)43-25(50)9-8-21(33(58)59)44-30(55)17-4-6-19(7-5-17)40-14-20-15-41-29-28(42-20)32(57)47-35(38)46-29/h21,23-25,33,40H,5-18H2,1-4H3,(H2,38,53)(H,39,45)(H,42,46)(H,51,52);4-7,15,18,21-23,40H,2-3,8-14H2,1H3,(H,43,50)(H,44,55)(H,45,56)(H,51,52)(H,53,54)(H,58,59)(H4,36,37,39)(H3,38,41,46,47,57)/b41-19+;/t21-,23+,24-,25?,33-,37+;18-,21+,22+,23+/m01/s1. The van der Waals surface area contributed by atoms with Crippen molar-refractivity contribution in [3.63, 3.8) is 0 Å². The zero-order valence-corrected chi connectivity index (χ0v) is 67.0. The summed E-state index contributed by atoms with van der Waals surface area (Å²) in [6, 6.07) is 1.18. The Bertz CT molecular complexity index is 4520. The number of rotatable bonds is 47. The highest BCUT2D eigenvalue weighted by molar-refractivity contribution is 8.76. The number of H-pyrrole nitrogens is 1. The number of aromatic nitrogens is 4. The molecular formula is C72H95N19O23S3. The first-order valence-corrected chi connectivity index (χ1v) is 40.6. The number of hydrogen-bond donors (Lipinski definition) is 16.